The predicted octanol–water partition coefficient (Wildman–Crippen LogP) is 2.17. The van der Waals surface area contributed by atoms with E-state index in [0.717, 1.165) is 22.4 Å². The van der Waals surface area contributed by atoms with Crippen LogP contribution in [0.4, 0.5) is 20.3 Å². The SMILES string of the molecule is Cc1nc(N[C@@H]2CC(=O)N(c3c(F)cccc3F)C2)c2cnn(C)c2n1. The van der Waals surface area contributed by atoms with Gasteiger partial charge in [0.2, 0.25) is 5.91 Å². The van der Waals surface area contributed by atoms with E-state index >= 15 is 0 Å². The Labute approximate surface area is 147 Å². The maximum atomic E-state index is 14.0. The second-order valence-electron chi connectivity index (χ2n) is 6.24. The molecule has 1 aliphatic rings. The second-order valence-corrected chi connectivity index (χ2v) is 6.24. The lowest BCUT2D eigenvalue weighted by Gasteiger charge is -2.19. The molecule has 0 spiro atoms. The minimum Gasteiger partial charge on any atom is -0.364 e. The molecule has 0 bridgehead atoms. The van der Waals surface area contributed by atoms with Crippen molar-refractivity contribution >= 4 is 28.4 Å². The smallest absolute Gasteiger partial charge is 0.229 e. The van der Waals surface area contributed by atoms with Gasteiger partial charge in [-0.05, 0) is 19.1 Å². The lowest BCUT2D eigenvalue weighted by Crippen LogP contribution is -2.29. The fourth-order valence-corrected chi connectivity index (χ4v) is 3.20. The van der Waals surface area contributed by atoms with Crippen molar-refractivity contribution in [3.05, 3.63) is 41.9 Å². The summed E-state index contributed by atoms with van der Waals surface area (Å²) in [5.41, 5.74) is 0.355. The molecule has 4 rings (SSSR count). The maximum absolute atomic E-state index is 14.0. The van der Waals surface area contributed by atoms with Crippen LogP contribution in [0.5, 0.6) is 0 Å². The van der Waals surface area contributed by atoms with E-state index in [-0.39, 0.29) is 30.6 Å². The van der Waals surface area contributed by atoms with Gasteiger partial charge in [-0.25, -0.2) is 18.7 Å². The summed E-state index contributed by atoms with van der Waals surface area (Å²) in [6, 6.07) is 3.21. The van der Waals surface area contributed by atoms with Crippen LogP contribution in [0.25, 0.3) is 11.0 Å². The number of hydrogen-bond acceptors (Lipinski definition) is 5. The number of amides is 1. The van der Waals surface area contributed by atoms with Gasteiger partial charge in [-0.2, -0.15) is 5.10 Å². The van der Waals surface area contributed by atoms with Crippen LogP contribution in [0, 0.1) is 18.6 Å². The number of aromatic nitrogens is 4. The molecule has 1 N–H and O–H groups in total. The number of rotatable bonds is 3. The van der Waals surface area contributed by atoms with Gasteiger partial charge in [0.05, 0.1) is 17.6 Å². The van der Waals surface area contributed by atoms with Crippen LogP contribution in [-0.2, 0) is 11.8 Å². The third kappa shape index (κ3) is 2.65. The van der Waals surface area contributed by atoms with Crippen LogP contribution in [0.15, 0.2) is 24.4 Å². The first kappa shape index (κ1) is 16.4. The van der Waals surface area contributed by atoms with Gasteiger partial charge in [0, 0.05) is 20.0 Å². The minimum atomic E-state index is -0.758. The number of hydrogen-bond donors (Lipinski definition) is 1. The first-order chi connectivity index (χ1) is 12.4. The molecule has 9 heteroatoms. The Hall–Kier alpha value is -3.10. The Morgan fingerprint density at radius 1 is 1.23 bits per heavy atom. The Balaban J connectivity index is 1.63. The fourth-order valence-electron chi connectivity index (χ4n) is 3.20. The highest BCUT2D eigenvalue weighted by atomic mass is 19.1. The van der Waals surface area contributed by atoms with Gasteiger partial charge in [0.25, 0.3) is 0 Å². The summed E-state index contributed by atoms with van der Waals surface area (Å²) >= 11 is 0. The Morgan fingerprint density at radius 2 is 1.96 bits per heavy atom. The van der Waals surface area contributed by atoms with E-state index in [1.165, 1.54) is 6.07 Å². The summed E-state index contributed by atoms with van der Waals surface area (Å²) < 4.78 is 29.7. The Morgan fingerprint density at radius 3 is 2.69 bits per heavy atom. The van der Waals surface area contributed by atoms with Crippen molar-refractivity contribution in [1.82, 2.24) is 19.7 Å². The second kappa shape index (κ2) is 6.01. The minimum absolute atomic E-state index is 0.110. The number of halogens is 2. The van der Waals surface area contributed by atoms with Crippen molar-refractivity contribution in [2.24, 2.45) is 7.05 Å². The number of benzene rings is 1. The van der Waals surface area contributed by atoms with E-state index in [1.807, 2.05) is 0 Å². The quantitative estimate of drug-likeness (QED) is 0.777. The van der Waals surface area contributed by atoms with E-state index in [0.29, 0.717) is 17.3 Å². The van der Waals surface area contributed by atoms with Crippen molar-refractivity contribution in [1.29, 1.82) is 0 Å². The molecule has 0 radical (unpaired) electrons. The van der Waals surface area contributed by atoms with Crippen molar-refractivity contribution in [3.63, 3.8) is 0 Å². The molecule has 1 fully saturated rings. The van der Waals surface area contributed by atoms with Crippen molar-refractivity contribution in [2.45, 2.75) is 19.4 Å². The number of anilines is 2. The molecule has 1 amide bonds. The molecule has 0 saturated carbocycles. The van der Waals surface area contributed by atoms with Gasteiger partial charge >= 0.3 is 0 Å². The van der Waals surface area contributed by atoms with Crippen LogP contribution >= 0.6 is 0 Å². The Kier molecular flexibility index (Phi) is 3.78. The summed E-state index contributed by atoms with van der Waals surface area (Å²) in [5, 5.41) is 8.09. The highest BCUT2D eigenvalue weighted by molar-refractivity contribution is 5.97. The van der Waals surface area contributed by atoms with Crippen molar-refractivity contribution in [2.75, 3.05) is 16.8 Å². The van der Waals surface area contributed by atoms with Crippen LogP contribution in [-0.4, -0.2) is 38.2 Å². The highest BCUT2D eigenvalue weighted by Crippen LogP contribution is 2.29. The first-order valence-corrected chi connectivity index (χ1v) is 8.11. The zero-order valence-corrected chi connectivity index (χ0v) is 14.2. The lowest BCUT2D eigenvalue weighted by atomic mass is 10.2. The van der Waals surface area contributed by atoms with Crippen LogP contribution in [0.3, 0.4) is 0 Å². The third-order valence-electron chi connectivity index (χ3n) is 4.38. The standard InChI is InChI=1S/C17H16F2N6O/c1-9-21-16(11-7-20-24(2)17(11)22-9)23-10-6-14(26)25(8-10)15-12(18)4-3-5-13(15)19/h3-5,7,10H,6,8H2,1-2H3,(H,21,22,23)/t10-/m1/s1. The normalized spacial score (nSPS) is 17.3. The molecule has 0 unspecified atom stereocenters. The van der Waals surface area contributed by atoms with Gasteiger partial charge in [0.1, 0.15) is 29.0 Å². The maximum Gasteiger partial charge on any atom is 0.229 e. The van der Waals surface area contributed by atoms with E-state index < -0.39 is 11.6 Å². The summed E-state index contributed by atoms with van der Waals surface area (Å²) in [5.74, 6) is -0.753. The van der Waals surface area contributed by atoms with Gasteiger partial charge in [-0.1, -0.05) is 6.07 Å². The molecule has 1 aliphatic heterocycles. The number of aryl methyl sites for hydroxylation is 2. The predicted molar refractivity (Wildman–Crippen MR) is 91.8 cm³/mol. The summed E-state index contributed by atoms with van der Waals surface area (Å²) in [6.07, 6.45) is 1.75. The van der Waals surface area contributed by atoms with Crippen LogP contribution < -0.4 is 10.2 Å². The number of fused-ring (bicyclic) bond motifs is 1. The number of nitrogens with zero attached hydrogens (tertiary/aromatic N) is 5. The molecule has 1 atom stereocenters. The molecule has 134 valence electrons. The van der Waals surface area contributed by atoms with E-state index in [4.69, 9.17) is 0 Å². The fraction of sp³-hybridized carbons (Fsp3) is 0.294. The molecule has 1 aromatic carbocycles. The van der Waals surface area contributed by atoms with Gasteiger partial charge < -0.3 is 10.2 Å². The molecular formula is C17H16F2N6O. The average Bonchev–Trinajstić information content (AvgIpc) is 3.11. The lowest BCUT2D eigenvalue weighted by molar-refractivity contribution is -0.117. The van der Waals surface area contributed by atoms with E-state index in [1.54, 1.807) is 24.9 Å². The van der Waals surface area contributed by atoms with Crippen molar-refractivity contribution < 1.29 is 13.6 Å². The average molecular weight is 358 g/mol. The molecule has 2 aromatic heterocycles. The van der Waals surface area contributed by atoms with E-state index in [9.17, 15) is 13.6 Å². The summed E-state index contributed by atoms with van der Waals surface area (Å²) in [4.78, 5) is 22.2. The molecule has 0 aliphatic carbocycles. The van der Waals surface area contributed by atoms with Crippen molar-refractivity contribution in [3.8, 4) is 0 Å². The number of para-hydroxylation sites is 1. The zero-order chi connectivity index (χ0) is 18.4. The molecule has 26 heavy (non-hydrogen) atoms. The molecule has 3 heterocycles. The third-order valence-corrected chi connectivity index (χ3v) is 4.38. The molecular weight excluding hydrogens is 342 g/mol. The summed E-state index contributed by atoms with van der Waals surface area (Å²) in [6.45, 7) is 1.90. The number of carbonyl (C=O) groups is 1. The van der Waals surface area contributed by atoms with Crippen LogP contribution in [0.2, 0.25) is 0 Å². The molecule has 7 nitrogen and oxygen atoms in total. The summed E-state index contributed by atoms with van der Waals surface area (Å²) in [7, 11) is 1.78. The van der Waals surface area contributed by atoms with Crippen LogP contribution in [0.1, 0.15) is 12.2 Å². The largest absolute Gasteiger partial charge is 0.364 e. The molecule has 3 aromatic rings. The zero-order valence-electron chi connectivity index (χ0n) is 14.2. The van der Waals surface area contributed by atoms with Gasteiger partial charge in [0.15, 0.2) is 5.65 Å². The number of nitrogens with one attached hydrogen (secondary N) is 1. The number of carbonyl (C=O) groups excluding carboxylic acids is 1. The first-order valence-electron chi connectivity index (χ1n) is 8.11. The Bertz CT molecular complexity index is 998. The van der Waals surface area contributed by atoms with E-state index in [2.05, 4.69) is 20.4 Å². The van der Waals surface area contributed by atoms with Gasteiger partial charge in [-0.3, -0.25) is 9.48 Å². The highest BCUT2D eigenvalue weighted by Gasteiger charge is 2.34. The van der Waals surface area contributed by atoms with Gasteiger partial charge in [-0.15, -0.1) is 0 Å². The molecule has 1 saturated heterocycles. The monoisotopic (exact) mass is 358 g/mol. The topological polar surface area (TPSA) is 75.9 Å².